The fraction of sp³-hybridized carbons (Fsp3) is 0.875. The summed E-state index contributed by atoms with van der Waals surface area (Å²) in [6.45, 7) is 4.94. The summed E-state index contributed by atoms with van der Waals surface area (Å²) in [4.78, 5) is 4.20. The van der Waals surface area contributed by atoms with Crippen molar-refractivity contribution in [2.75, 3.05) is 40.8 Å². The van der Waals surface area contributed by atoms with Gasteiger partial charge < -0.3 is 15.1 Å². The second-order valence-electron chi connectivity index (χ2n) is 3.06. The highest BCUT2D eigenvalue weighted by Gasteiger charge is 2.01. The molecule has 3 nitrogen and oxygen atoms in total. The van der Waals surface area contributed by atoms with Crippen LogP contribution in [0.15, 0.2) is 0 Å². The van der Waals surface area contributed by atoms with E-state index in [-0.39, 0.29) is 0 Å². The average Bonchev–Trinajstić information content (AvgIpc) is 2.00. The Kier molecular flexibility index (Phi) is 6.02. The number of rotatable bonds is 4. The molecule has 0 saturated heterocycles. The lowest BCUT2D eigenvalue weighted by molar-refractivity contribution is 0.355. The molecule has 0 heterocycles. The molecule has 0 unspecified atom stereocenters. The minimum Gasteiger partial charge on any atom is -0.363 e. The van der Waals surface area contributed by atoms with Gasteiger partial charge in [0, 0.05) is 26.7 Å². The Morgan fingerprint density at radius 2 is 1.83 bits per heavy atom. The lowest BCUT2D eigenvalue weighted by Gasteiger charge is -2.22. The fourth-order valence-electron chi connectivity index (χ4n) is 0.738. The maximum Gasteiger partial charge on any atom is 0.168 e. The summed E-state index contributed by atoms with van der Waals surface area (Å²) in [6.07, 6.45) is 0. The Morgan fingerprint density at radius 3 is 2.25 bits per heavy atom. The van der Waals surface area contributed by atoms with Gasteiger partial charge in [-0.05, 0) is 33.2 Å². The molecule has 4 heteroatoms. The average molecular weight is 189 g/mol. The number of likely N-dealkylation sites (N-methyl/N-ethyl adjacent to an activating group) is 2. The topological polar surface area (TPSA) is 18.5 Å². The van der Waals surface area contributed by atoms with Crippen molar-refractivity contribution in [3.05, 3.63) is 0 Å². The molecule has 0 spiro atoms. The van der Waals surface area contributed by atoms with Gasteiger partial charge in [-0.15, -0.1) is 0 Å². The Bertz CT molecular complexity index is 136. The minimum absolute atomic E-state index is 0.833. The Morgan fingerprint density at radius 1 is 1.25 bits per heavy atom. The van der Waals surface area contributed by atoms with Crippen LogP contribution in [0, 0.1) is 0 Å². The van der Waals surface area contributed by atoms with E-state index in [9.17, 15) is 0 Å². The minimum atomic E-state index is 0.833. The van der Waals surface area contributed by atoms with E-state index in [1.165, 1.54) is 0 Å². The van der Waals surface area contributed by atoms with Crippen molar-refractivity contribution >= 4 is 17.3 Å². The normalized spacial score (nSPS) is 10.1. The molecule has 0 atom stereocenters. The van der Waals surface area contributed by atoms with Gasteiger partial charge in [-0.2, -0.15) is 0 Å². The molecule has 0 saturated carbocycles. The molecule has 0 aromatic carbocycles. The van der Waals surface area contributed by atoms with Crippen molar-refractivity contribution in [3.63, 3.8) is 0 Å². The molecule has 1 N–H and O–H groups in total. The Hall–Kier alpha value is -0.350. The van der Waals surface area contributed by atoms with Gasteiger partial charge >= 0.3 is 0 Å². The van der Waals surface area contributed by atoms with Gasteiger partial charge in [-0.3, -0.25) is 0 Å². The quantitative estimate of drug-likeness (QED) is 0.644. The third-order valence-corrected chi connectivity index (χ3v) is 2.01. The lowest BCUT2D eigenvalue weighted by atomic mass is 10.5. The van der Waals surface area contributed by atoms with Crippen LogP contribution < -0.4 is 5.32 Å². The van der Waals surface area contributed by atoms with Gasteiger partial charge in [0.15, 0.2) is 5.11 Å². The van der Waals surface area contributed by atoms with Crippen LogP contribution in [-0.4, -0.2) is 55.7 Å². The summed E-state index contributed by atoms with van der Waals surface area (Å²) in [5, 5.41) is 3.94. The molecule has 0 aliphatic rings. The van der Waals surface area contributed by atoms with Crippen LogP contribution in [0.4, 0.5) is 0 Å². The first-order chi connectivity index (χ1) is 5.57. The molecule has 12 heavy (non-hydrogen) atoms. The van der Waals surface area contributed by atoms with Crippen LogP contribution in [0.1, 0.15) is 6.92 Å². The summed E-state index contributed by atoms with van der Waals surface area (Å²) in [7, 11) is 6.13. The van der Waals surface area contributed by atoms with E-state index in [1.807, 2.05) is 14.0 Å². The number of thiocarbonyl (C=S) groups is 1. The summed E-state index contributed by atoms with van der Waals surface area (Å²) in [5.74, 6) is 0. The molecule has 0 radical (unpaired) electrons. The van der Waals surface area contributed by atoms with Gasteiger partial charge in [0.2, 0.25) is 0 Å². The number of hydrogen-bond donors (Lipinski definition) is 1. The summed E-state index contributed by atoms with van der Waals surface area (Å²) < 4.78 is 0. The maximum absolute atomic E-state index is 5.12. The van der Waals surface area contributed by atoms with E-state index in [0.29, 0.717) is 0 Å². The SMILES string of the molecule is CCNC(=S)N(C)CCN(C)C. The van der Waals surface area contributed by atoms with Crippen molar-refractivity contribution in [1.29, 1.82) is 0 Å². The van der Waals surface area contributed by atoms with Gasteiger partial charge in [-0.1, -0.05) is 0 Å². The molecule has 0 bridgehead atoms. The fourth-order valence-corrected chi connectivity index (χ4v) is 0.973. The highest BCUT2D eigenvalue weighted by molar-refractivity contribution is 7.80. The smallest absolute Gasteiger partial charge is 0.168 e. The lowest BCUT2D eigenvalue weighted by Crippen LogP contribution is -2.40. The molecule has 0 rings (SSSR count). The molecular weight excluding hydrogens is 170 g/mol. The van der Waals surface area contributed by atoms with Crippen molar-refractivity contribution in [2.24, 2.45) is 0 Å². The standard InChI is InChI=1S/C8H19N3S/c1-5-9-8(12)11(4)7-6-10(2)3/h5-7H2,1-4H3,(H,9,12). The van der Waals surface area contributed by atoms with Gasteiger partial charge in [0.25, 0.3) is 0 Å². The first-order valence-electron chi connectivity index (χ1n) is 4.21. The number of hydrogen-bond acceptors (Lipinski definition) is 2. The van der Waals surface area contributed by atoms with Crippen LogP contribution in [0.5, 0.6) is 0 Å². The van der Waals surface area contributed by atoms with E-state index in [1.54, 1.807) is 0 Å². The predicted octanol–water partition coefficient (Wildman–Crippen LogP) is 0.374. The molecule has 0 aliphatic heterocycles. The first kappa shape index (κ1) is 11.6. The third kappa shape index (κ3) is 5.32. The Balaban J connectivity index is 3.56. The van der Waals surface area contributed by atoms with E-state index in [4.69, 9.17) is 12.2 Å². The zero-order chi connectivity index (χ0) is 9.56. The van der Waals surface area contributed by atoms with Crippen molar-refractivity contribution in [3.8, 4) is 0 Å². The van der Waals surface area contributed by atoms with Crippen LogP contribution in [0.3, 0.4) is 0 Å². The second-order valence-corrected chi connectivity index (χ2v) is 3.45. The molecule has 0 amide bonds. The molecular formula is C8H19N3S. The van der Waals surface area contributed by atoms with Gasteiger partial charge in [0.1, 0.15) is 0 Å². The monoisotopic (exact) mass is 189 g/mol. The summed E-state index contributed by atoms with van der Waals surface area (Å²) in [5.41, 5.74) is 0. The van der Waals surface area contributed by atoms with Crippen LogP contribution in [0.25, 0.3) is 0 Å². The van der Waals surface area contributed by atoms with Crippen molar-refractivity contribution < 1.29 is 0 Å². The molecule has 0 aliphatic carbocycles. The van der Waals surface area contributed by atoms with Crippen molar-refractivity contribution in [1.82, 2.24) is 15.1 Å². The number of nitrogens with zero attached hydrogens (tertiary/aromatic N) is 2. The second kappa shape index (κ2) is 6.20. The van der Waals surface area contributed by atoms with E-state index in [2.05, 4.69) is 29.2 Å². The van der Waals surface area contributed by atoms with E-state index >= 15 is 0 Å². The molecule has 72 valence electrons. The molecule has 0 fully saturated rings. The summed E-state index contributed by atoms with van der Waals surface area (Å²) >= 11 is 5.12. The highest BCUT2D eigenvalue weighted by Crippen LogP contribution is 1.85. The zero-order valence-electron chi connectivity index (χ0n) is 8.42. The van der Waals surface area contributed by atoms with Crippen LogP contribution in [-0.2, 0) is 0 Å². The van der Waals surface area contributed by atoms with Gasteiger partial charge in [0.05, 0.1) is 0 Å². The predicted molar refractivity (Wildman–Crippen MR) is 57.5 cm³/mol. The maximum atomic E-state index is 5.12. The molecule has 0 aromatic heterocycles. The number of nitrogens with one attached hydrogen (secondary N) is 1. The largest absolute Gasteiger partial charge is 0.363 e. The van der Waals surface area contributed by atoms with E-state index < -0.39 is 0 Å². The molecule has 0 aromatic rings. The highest BCUT2D eigenvalue weighted by atomic mass is 32.1. The summed E-state index contributed by atoms with van der Waals surface area (Å²) in [6, 6.07) is 0. The van der Waals surface area contributed by atoms with Crippen LogP contribution in [0.2, 0.25) is 0 Å². The van der Waals surface area contributed by atoms with Crippen LogP contribution >= 0.6 is 12.2 Å². The van der Waals surface area contributed by atoms with Gasteiger partial charge in [-0.25, -0.2) is 0 Å². The zero-order valence-corrected chi connectivity index (χ0v) is 9.24. The van der Waals surface area contributed by atoms with E-state index in [0.717, 1.165) is 24.7 Å². The third-order valence-electron chi connectivity index (χ3n) is 1.56. The Labute approximate surface area is 80.7 Å². The van der Waals surface area contributed by atoms with Crippen molar-refractivity contribution in [2.45, 2.75) is 6.92 Å². The first-order valence-corrected chi connectivity index (χ1v) is 4.62.